The van der Waals surface area contributed by atoms with Crippen LogP contribution in [-0.2, 0) is 27.7 Å². The van der Waals surface area contributed by atoms with Crippen molar-refractivity contribution >= 4 is 11.3 Å². The molecule has 3 aromatic carbocycles. The standard InChI is InChI=1S/C25H24N2O3S/c1-3-29-16-18-4-8-20(9-5-18)21-12-14-23(15-13-21)25-27-26-24(31-25)22-10-6-19(7-11-22)17-30-28-2/h4-15H,3,16-17H2,1-2H3. The Bertz CT molecular complexity index is 1090. The predicted molar refractivity (Wildman–Crippen MR) is 123 cm³/mol. The first-order valence-electron chi connectivity index (χ1n) is 10.1. The normalized spacial score (nSPS) is 11.0. The second-order valence-electron chi connectivity index (χ2n) is 6.95. The van der Waals surface area contributed by atoms with Gasteiger partial charge in [-0.05, 0) is 29.2 Å². The molecule has 4 rings (SSSR count). The van der Waals surface area contributed by atoms with E-state index in [0.29, 0.717) is 13.2 Å². The topological polar surface area (TPSA) is 53.5 Å². The van der Waals surface area contributed by atoms with E-state index in [4.69, 9.17) is 9.62 Å². The summed E-state index contributed by atoms with van der Waals surface area (Å²) < 4.78 is 5.46. The summed E-state index contributed by atoms with van der Waals surface area (Å²) in [5.74, 6) is 0. The van der Waals surface area contributed by atoms with Crippen molar-refractivity contribution in [2.75, 3.05) is 13.7 Å². The summed E-state index contributed by atoms with van der Waals surface area (Å²) >= 11 is 1.58. The average molecular weight is 433 g/mol. The Morgan fingerprint density at radius 2 is 1.10 bits per heavy atom. The highest BCUT2D eigenvalue weighted by atomic mass is 32.1. The molecule has 0 saturated heterocycles. The molecule has 0 saturated carbocycles. The zero-order chi connectivity index (χ0) is 21.5. The van der Waals surface area contributed by atoms with E-state index in [1.165, 1.54) is 23.8 Å². The van der Waals surface area contributed by atoms with Crippen molar-refractivity contribution in [3.63, 3.8) is 0 Å². The second-order valence-corrected chi connectivity index (χ2v) is 7.93. The maximum absolute atomic E-state index is 5.46. The maximum atomic E-state index is 5.46. The van der Waals surface area contributed by atoms with Gasteiger partial charge in [-0.15, -0.1) is 10.2 Å². The zero-order valence-electron chi connectivity index (χ0n) is 17.6. The molecule has 6 heteroatoms. The van der Waals surface area contributed by atoms with Crippen LogP contribution >= 0.6 is 11.3 Å². The van der Waals surface area contributed by atoms with Gasteiger partial charge >= 0.3 is 0 Å². The highest BCUT2D eigenvalue weighted by molar-refractivity contribution is 7.17. The molecule has 0 bridgehead atoms. The quantitative estimate of drug-likeness (QED) is 0.234. The minimum absolute atomic E-state index is 0.416. The third-order valence-corrected chi connectivity index (χ3v) is 5.88. The van der Waals surface area contributed by atoms with Gasteiger partial charge in [0.25, 0.3) is 0 Å². The van der Waals surface area contributed by atoms with Gasteiger partial charge in [0, 0.05) is 17.7 Å². The highest BCUT2D eigenvalue weighted by Gasteiger charge is 2.09. The zero-order valence-corrected chi connectivity index (χ0v) is 18.4. The maximum Gasteiger partial charge on any atom is 0.148 e. The first-order chi connectivity index (χ1) is 15.3. The SMILES string of the molecule is CCOCc1ccc(-c2ccc(-c3nnc(-c4ccc(COOC)cc4)s3)cc2)cc1. The van der Waals surface area contributed by atoms with Gasteiger partial charge in [0.2, 0.25) is 0 Å². The highest BCUT2D eigenvalue weighted by Crippen LogP contribution is 2.31. The van der Waals surface area contributed by atoms with Crippen molar-refractivity contribution < 1.29 is 14.5 Å². The first kappa shape index (κ1) is 21.3. The molecule has 31 heavy (non-hydrogen) atoms. The molecule has 0 aliphatic heterocycles. The summed E-state index contributed by atoms with van der Waals surface area (Å²) in [4.78, 5) is 9.60. The van der Waals surface area contributed by atoms with Gasteiger partial charge in [-0.25, -0.2) is 9.78 Å². The number of hydrogen-bond donors (Lipinski definition) is 0. The first-order valence-corrected chi connectivity index (χ1v) is 10.9. The van der Waals surface area contributed by atoms with E-state index in [9.17, 15) is 0 Å². The number of hydrogen-bond acceptors (Lipinski definition) is 6. The molecule has 0 atom stereocenters. The molecule has 0 amide bonds. The van der Waals surface area contributed by atoms with Gasteiger partial charge in [-0.2, -0.15) is 0 Å². The summed E-state index contributed by atoms with van der Waals surface area (Å²) in [7, 11) is 1.50. The molecular weight excluding hydrogens is 408 g/mol. The fourth-order valence-electron chi connectivity index (χ4n) is 3.15. The third kappa shape index (κ3) is 5.42. The van der Waals surface area contributed by atoms with Crippen molar-refractivity contribution in [3.05, 3.63) is 83.9 Å². The van der Waals surface area contributed by atoms with Crippen LogP contribution in [0.4, 0.5) is 0 Å². The molecule has 0 aliphatic carbocycles. The lowest BCUT2D eigenvalue weighted by molar-refractivity contribution is -0.282. The Labute approximate surface area is 186 Å². The van der Waals surface area contributed by atoms with Crippen LogP contribution in [0, 0.1) is 0 Å². The molecular formula is C25H24N2O3S. The van der Waals surface area contributed by atoms with Gasteiger partial charge in [0.15, 0.2) is 0 Å². The Balaban J connectivity index is 1.45. The van der Waals surface area contributed by atoms with Gasteiger partial charge in [0.1, 0.15) is 16.6 Å². The van der Waals surface area contributed by atoms with E-state index < -0.39 is 0 Å². The van der Waals surface area contributed by atoms with Crippen molar-refractivity contribution in [1.29, 1.82) is 0 Å². The van der Waals surface area contributed by atoms with Crippen molar-refractivity contribution in [2.45, 2.75) is 20.1 Å². The van der Waals surface area contributed by atoms with Crippen LogP contribution in [0.1, 0.15) is 18.1 Å². The molecule has 0 fully saturated rings. The second kappa shape index (κ2) is 10.4. The summed E-state index contributed by atoms with van der Waals surface area (Å²) in [6.07, 6.45) is 0. The van der Waals surface area contributed by atoms with E-state index >= 15 is 0 Å². The van der Waals surface area contributed by atoms with Crippen LogP contribution < -0.4 is 0 Å². The van der Waals surface area contributed by atoms with Crippen molar-refractivity contribution in [1.82, 2.24) is 10.2 Å². The largest absolute Gasteiger partial charge is 0.377 e. The Kier molecular flexibility index (Phi) is 7.17. The monoisotopic (exact) mass is 432 g/mol. The molecule has 0 radical (unpaired) electrons. The van der Waals surface area contributed by atoms with E-state index in [1.54, 1.807) is 11.3 Å². The number of nitrogens with zero attached hydrogens (tertiary/aromatic N) is 2. The summed E-state index contributed by atoms with van der Waals surface area (Å²) in [5.41, 5.74) is 6.67. The van der Waals surface area contributed by atoms with Crippen molar-refractivity contribution in [3.8, 4) is 32.3 Å². The van der Waals surface area contributed by atoms with Crippen LogP contribution in [0.3, 0.4) is 0 Å². The van der Waals surface area contributed by atoms with E-state index in [2.05, 4.69) is 63.6 Å². The minimum Gasteiger partial charge on any atom is -0.377 e. The van der Waals surface area contributed by atoms with E-state index in [1.807, 2.05) is 31.2 Å². The van der Waals surface area contributed by atoms with Gasteiger partial charge < -0.3 is 4.74 Å². The van der Waals surface area contributed by atoms with E-state index in [-0.39, 0.29) is 0 Å². The Morgan fingerprint density at radius 3 is 1.61 bits per heavy atom. The molecule has 158 valence electrons. The summed E-state index contributed by atoms with van der Waals surface area (Å²) in [6.45, 7) is 3.80. The molecule has 1 heterocycles. The number of benzene rings is 3. The van der Waals surface area contributed by atoms with Crippen molar-refractivity contribution in [2.24, 2.45) is 0 Å². The Hall–Kier alpha value is -2.90. The Morgan fingerprint density at radius 1 is 0.645 bits per heavy atom. The smallest absolute Gasteiger partial charge is 0.148 e. The number of rotatable bonds is 9. The molecule has 0 N–H and O–H groups in total. The van der Waals surface area contributed by atoms with Crippen LogP contribution in [0.15, 0.2) is 72.8 Å². The van der Waals surface area contributed by atoms with E-state index in [0.717, 1.165) is 33.3 Å². The van der Waals surface area contributed by atoms with Gasteiger partial charge in [-0.1, -0.05) is 84.1 Å². The molecule has 4 aromatic rings. The lowest BCUT2D eigenvalue weighted by atomic mass is 10.0. The molecule has 1 aromatic heterocycles. The molecule has 0 unspecified atom stereocenters. The molecule has 5 nitrogen and oxygen atoms in total. The van der Waals surface area contributed by atoms with Crippen LogP contribution in [0.25, 0.3) is 32.3 Å². The summed E-state index contributed by atoms with van der Waals surface area (Å²) in [5, 5.41) is 10.6. The predicted octanol–water partition coefficient (Wildman–Crippen LogP) is 6.15. The average Bonchev–Trinajstić information content (AvgIpc) is 3.32. The van der Waals surface area contributed by atoms with Crippen LogP contribution in [-0.4, -0.2) is 23.9 Å². The molecule has 0 spiro atoms. The van der Waals surface area contributed by atoms with Gasteiger partial charge in [-0.3, -0.25) is 0 Å². The lowest BCUT2D eigenvalue weighted by Gasteiger charge is -2.05. The summed E-state index contributed by atoms with van der Waals surface area (Å²) in [6, 6.07) is 25.0. The van der Waals surface area contributed by atoms with Gasteiger partial charge in [0.05, 0.1) is 13.7 Å². The molecule has 0 aliphatic rings. The third-order valence-electron chi connectivity index (χ3n) is 4.86. The fourth-order valence-corrected chi connectivity index (χ4v) is 4.00. The number of ether oxygens (including phenoxy) is 1. The fraction of sp³-hybridized carbons (Fsp3) is 0.200. The number of aromatic nitrogens is 2. The van der Waals surface area contributed by atoms with Crippen LogP contribution in [0.2, 0.25) is 0 Å². The van der Waals surface area contributed by atoms with Crippen LogP contribution in [0.5, 0.6) is 0 Å². The lowest BCUT2D eigenvalue weighted by Crippen LogP contribution is -1.91. The minimum atomic E-state index is 0.416.